The predicted octanol–water partition coefficient (Wildman–Crippen LogP) is 4.35. The van der Waals surface area contributed by atoms with Crippen molar-refractivity contribution in [3.05, 3.63) is 11.6 Å². The van der Waals surface area contributed by atoms with Gasteiger partial charge in [-0.2, -0.15) is 0 Å². The molecule has 18 heavy (non-hydrogen) atoms. The Balaban J connectivity index is 2.71. The lowest BCUT2D eigenvalue weighted by Crippen LogP contribution is -2.37. The lowest BCUT2D eigenvalue weighted by molar-refractivity contribution is -0.162. The van der Waals surface area contributed by atoms with Crippen LogP contribution in [0.25, 0.3) is 0 Å². The molecule has 0 aliphatic heterocycles. The SMILES string of the molecule is CC1=CC(OC(=O)C(C)(CC(C)C)C(C)C)CC1. The maximum absolute atomic E-state index is 12.5. The van der Waals surface area contributed by atoms with Gasteiger partial charge in [0.2, 0.25) is 0 Å². The van der Waals surface area contributed by atoms with Gasteiger partial charge in [-0.25, -0.2) is 0 Å². The van der Waals surface area contributed by atoms with Gasteiger partial charge in [-0.15, -0.1) is 0 Å². The number of hydrogen-bond donors (Lipinski definition) is 0. The Morgan fingerprint density at radius 2 is 2.06 bits per heavy atom. The highest BCUT2D eigenvalue weighted by Crippen LogP contribution is 2.36. The Morgan fingerprint density at radius 1 is 1.44 bits per heavy atom. The molecule has 1 rings (SSSR count). The van der Waals surface area contributed by atoms with E-state index in [1.165, 1.54) is 5.57 Å². The zero-order valence-corrected chi connectivity index (χ0v) is 12.7. The molecule has 0 aromatic carbocycles. The fourth-order valence-electron chi connectivity index (χ4n) is 2.62. The Labute approximate surface area is 112 Å². The van der Waals surface area contributed by atoms with Gasteiger partial charge in [0.25, 0.3) is 0 Å². The Kier molecular flexibility index (Phi) is 5.01. The van der Waals surface area contributed by atoms with E-state index in [0.29, 0.717) is 11.8 Å². The molecule has 0 heterocycles. The van der Waals surface area contributed by atoms with Crippen LogP contribution in [-0.2, 0) is 9.53 Å². The van der Waals surface area contributed by atoms with Gasteiger partial charge in [0.05, 0.1) is 5.41 Å². The largest absolute Gasteiger partial charge is 0.458 e. The molecule has 1 aliphatic carbocycles. The highest BCUT2D eigenvalue weighted by atomic mass is 16.5. The minimum atomic E-state index is -0.363. The number of esters is 1. The van der Waals surface area contributed by atoms with Gasteiger partial charge in [0.15, 0.2) is 0 Å². The van der Waals surface area contributed by atoms with E-state index in [2.05, 4.69) is 40.7 Å². The monoisotopic (exact) mass is 252 g/mol. The van der Waals surface area contributed by atoms with E-state index in [1.54, 1.807) is 0 Å². The van der Waals surface area contributed by atoms with Crippen LogP contribution in [0.3, 0.4) is 0 Å². The minimum absolute atomic E-state index is 0.00253. The maximum Gasteiger partial charge on any atom is 0.312 e. The smallest absolute Gasteiger partial charge is 0.312 e. The van der Waals surface area contributed by atoms with Gasteiger partial charge in [-0.3, -0.25) is 4.79 Å². The van der Waals surface area contributed by atoms with Gasteiger partial charge >= 0.3 is 5.97 Å². The summed E-state index contributed by atoms with van der Waals surface area (Å²) in [5, 5.41) is 0. The number of ether oxygens (including phenoxy) is 1. The van der Waals surface area contributed by atoms with Gasteiger partial charge in [-0.05, 0) is 51.0 Å². The fourth-order valence-corrected chi connectivity index (χ4v) is 2.62. The molecular weight excluding hydrogens is 224 g/mol. The zero-order valence-electron chi connectivity index (χ0n) is 12.7. The molecule has 0 saturated carbocycles. The molecule has 2 unspecified atom stereocenters. The van der Waals surface area contributed by atoms with E-state index >= 15 is 0 Å². The molecule has 0 fully saturated rings. The molecule has 0 bridgehead atoms. The van der Waals surface area contributed by atoms with Crippen molar-refractivity contribution in [2.75, 3.05) is 0 Å². The van der Waals surface area contributed by atoms with Gasteiger partial charge < -0.3 is 4.74 Å². The van der Waals surface area contributed by atoms with Crippen molar-refractivity contribution in [1.29, 1.82) is 0 Å². The summed E-state index contributed by atoms with van der Waals surface area (Å²) in [5.41, 5.74) is 0.973. The minimum Gasteiger partial charge on any atom is -0.458 e. The van der Waals surface area contributed by atoms with Crippen LogP contribution < -0.4 is 0 Å². The predicted molar refractivity (Wildman–Crippen MR) is 75.3 cm³/mol. The molecule has 2 nitrogen and oxygen atoms in total. The third kappa shape index (κ3) is 3.60. The van der Waals surface area contributed by atoms with Crippen molar-refractivity contribution < 1.29 is 9.53 Å². The first-order valence-electron chi connectivity index (χ1n) is 7.14. The molecular formula is C16H28O2. The first-order chi connectivity index (χ1) is 8.25. The van der Waals surface area contributed by atoms with Crippen molar-refractivity contribution in [2.24, 2.45) is 17.3 Å². The van der Waals surface area contributed by atoms with Gasteiger partial charge in [0, 0.05) is 0 Å². The summed E-state index contributed by atoms with van der Waals surface area (Å²) < 4.78 is 5.69. The van der Waals surface area contributed by atoms with E-state index in [4.69, 9.17) is 4.74 Å². The molecule has 0 saturated heterocycles. The summed E-state index contributed by atoms with van der Waals surface area (Å²) in [6, 6.07) is 0. The summed E-state index contributed by atoms with van der Waals surface area (Å²) >= 11 is 0. The lowest BCUT2D eigenvalue weighted by Gasteiger charge is -2.33. The van der Waals surface area contributed by atoms with Crippen LogP contribution in [0.5, 0.6) is 0 Å². The van der Waals surface area contributed by atoms with Crippen LogP contribution in [-0.4, -0.2) is 12.1 Å². The summed E-state index contributed by atoms with van der Waals surface area (Å²) in [7, 11) is 0. The van der Waals surface area contributed by atoms with Crippen molar-refractivity contribution in [2.45, 2.75) is 66.9 Å². The second-order valence-electron chi connectivity index (χ2n) is 6.67. The quantitative estimate of drug-likeness (QED) is 0.537. The molecule has 0 aromatic heterocycles. The van der Waals surface area contributed by atoms with E-state index in [9.17, 15) is 4.79 Å². The molecule has 0 spiro atoms. The van der Waals surface area contributed by atoms with Crippen LogP contribution in [0, 0.1) is 17.3 Å². The third-order valence-electron chi connectivity index (χ3n) is 4.12. The molecule has 1 aliphatic rings. The highest BCUT2D eigenvalue weighted by molar-refractivity contribution is 5.77. The van der Waals surface area contributed by atoms with E-state index in [1.807, 2.05) is 6.92 Å². The van der Waals surface area contributed by atoms with Crippen LogP contribution >= 0.6 is 0 Å². The van der Waals surface area contributed by atoms with Crippen LogP contribution in [0.2, 0.25) is 0 Å². The number of allylic oxidation sites excluding steroid dienone is 1. The molecule has 2 atom stereocenters. The molecule has 0 amide bonds. The number of hydrogen-bond acceptors (Lipinski definition) is 2. The molecule has 104 valence electrons. The molecule has 0 N–H and O–H groups in total. The normalized spacial score (nSPS) is 23.1. The van der Waals surface area contributed by atoms with Crippen LogP contribution in [0.4, 0.5) is 0 Å². The first-order valence-corrected chi connectivity index (χ1v) is 7.14. The van der Waals surface area contributed by atoms with Gasteiger partial charge in [0.1, 0.15) is 6.10 Å². The number of carbonyl (C=O) groups excluding carboxylic acids is 1. The molecule has 2 heteroatoms. The zero-order chi connectivity index (χ0) is 13.9. The van der Waals surface area contributed by atoms with Crippen LogP contribution in [0.1, 0.15) is 60.8 Å². The first kappa shape index (κ1) is 15.3. The van der Waals surface area contributed by atoms with Gasteiger partial charge in [-0.1, -0.05) is 33.3 Å². The molecule has 0 aromatic rings. The molecule has 0 radical (unpaired) electrons. The Morgan fingerprint density at radius 3 is 2.44 bits per heavy atom. The third-order valence-corrected chi connectivity index (χ3v) is 4.12. The van der Waals surface area contributed by atoms with Crippen molar-refractivity contribution in [1.82, 2.24) is 0 Å². The second-order valence-corrected chi connectivity index (χ2v) is 6.67. The highest BCUT2D eigenvalue weighted by Gasteiger charge is 2.39. The number of carbonyl (C=O) groups is 1. The van der Waals surface area contributed by atoms with E-state index in [0.717, 1.165) is 19.3 Å². The number of rotatable bonds is 5. The maximum atomic E-state index is 12.5. The van der Waals surface area contributed by atoms with Crippen molar-refractivity contribution in [3.8, 4) is 0 Å². The van der Waals surface area contributed by atoms with E-state index in [-0.39, 0.29) is 17.5 Å². The lowest BCUT2D eigenvalue weighted by atomic mass is 9.73. The van der Waals surface area contributed by atoms with Crippen molar-refractivity contribution in [3.63, 3.8) is 0 Å². The summed E-state index contributed by atoms with van der Waals surface area (Å²) in [6.45, 7) is 12.7. The fraction of sp³-hybridized carbons (Fsp3) is 0.812. The Bertz CT molecular complexity index is 328. The average molecular weight is 252 g/mol. The second kappa shape index (κ2) is 5.90. The summed E-state index contributed by atoms with van der Waals surface area (Å²) in [4.78, 5) is 12.5. The van der Waals surface area contributed by atoms with Crippen molar-refractivity contribution >= 4 is 5.97 Å². The summed E-state index contributed by atoms with van der Waals surface area (Å²) in [6.07, 6.45) is 4.99. The topological polar surface area (TPSA) is 26.3 Å². The van der Waals surface area contributed by atoms with Crippen LogP contribution in [0.15, 0.2) is 11.6 Å². The average Bonchev–Trinajstić information content (AvgIpc) is 2.62. The standard InChI is InChI=1S/C16H28O2/c1-11(2)10-16(6,12(3)4)15(17)18-14-8-7-13(5)9-14/h9,11-12,14H,7-8,10H2,1-6H3. The van der Waals surface area contributed by atoms with E-state index < -0.39 is 0 Å². The Hall–Kier alpha value is -0.790. The summed E-state index contributed by atoms with van der Waals surface area (Å²) in [5.74, 6) is 0.784.